The van der Waals surface area contributed by atoms with Crippen molar-refractivity contribution in [2.24, 2.45) is 5.41 Å². The molecule has 1 N–H and O–H groups in total. The zero-order valence-electron chi connectivity index (χ0n) is 28.4. The molecule has 0 aliphatic heterocycles. The molecule has 0 saturated carbocycles. The van der Waals surface area contributed by atoms with Crippen LogP contribution < -0.4 is 4.74 Å². The van der Waals surface area contributed by atoms with Gasteiger partial charge in [-0.1, -0.05) is 63.2 Å². The van der Waals surface area contributed by atoms with Crippen molar-refractivity contribution in [3.05, 3.63) is 114 Å². The first-order valence-electron chi connectivity index (χ1n) is 16.1. The average molecular weight is 699 g/mol. The van der Waals surface area contributed by atoms with Gasteiger partial charge in [-0.25, -0.2) is 9.97 Å². The highest BCUT2D eigenvalue weighted by Gasteiger charge is 2.33. The van der Waals surface area contributed by atoms with E-state index in [2.05, 4.69) is 25.8 Å². The maximum atomic E-state index is 13.1. The zero-order chi connectivity index (χ0) is 35.8. The summed E-state index contributed by atoms with van der Waals surface area (Å²) < 4.78 is 47.3. The monoisotopic (exact) mass is 698 g/mol. The molecule has 258 valence electrons. The molecule has 0 aliphatic carbocycles. The van der Waals surface area contributed by atoms with Crippen LogP contribution in [0.2, 0.25) is 0 Å². The largest absolute Gasteiger partial charge is 0.486 e. The molecular formula is C39H37F3N4O3S. The molecule has 0 saturated heterocycles. The molecule has 6 rings (SSSR count). The van der Waals surface area contributed by atoms with Gasteiger partial charge < -0.3 is 14.4 Å². The summed E-state index contributed by atoms with van der Waals surface area (Å²) in [5.74, 6) is -0.358. The van der Waals surface area contributed by atoms with Crippen molar-refractivity contribution in [3.63, 3.8) is 0 Å². The van der Waals surface area contributed by atoms with E-state index in [9.17, 15) is 23.1 Å². The number of alkyl halides is 3. The standard InChI is InChI=1S/C39H37F3N4O3S/c1-37(2,3)50-34-31-18-30(49-23-29-17-12-25-8-6-7-9-32(25)45-29)21-44-35(31)46(33(34)19-38(4,5)36(47)48)22-28-16-13-26(20-43-28)24-10-14-27(15-11-24)39(40,41)42/h6-18,20-21H,19,22-23H2,1-5H3,(H,47,48). The number of carbonyl (C=O) groups is 1. The zero-order valence-corrected chi connectivity index (χ0v) is 29.2. The predicted octanol–water partition coefficient (Wildman–Crippen LogP) is 9.84. The van der Waals surface area contributed by atoms with Crippen LogP contribution in [-0.2, 0) is 30.5 Å². The van der Waals surface area contributed by atoms with E-state index in [1.807, 2.05) is 59.2 Å². The SMILES string of the molecule is CC(C)(C)Sc1c(CC(C)(C)C(=O)O)n(Cc2ccc(-c3ccc(C(F)(F)F)cc3)cn2)c2ncc(OCc3ccc4ccccc4n3)cc12. The summed E-state index contributed by atoms with van der Waals surface area (Å²) in [6.07, 6.45) is -0.876. The van der Waals surface area contributed by atoms with E-state index in [0.717, 1.165) is 44.7 Å². The second-order valence-electron chi connectivity index (χ2n) is 13.9. The van der Waals surface area contributed by atoms with Gasteiger partial charge in [0.25, 0.3) is 0 Å². The van der Waals surface area contributed by atoms with Gasteiger partial charge in [0, 0.05) is 44.3 Å². The molecule has 4 heterocycles. The molecule has 0 unspecified atom stereocenters. The number of hydrogen-bond acceptors (Lipinski definition) is 6. The van der Waals surface area contributed by atoms with Crippen molar-refractivity contribution in [2.45, 2.75) is 70.0 Å². The Hall–Kier alpha value is -4.90. The van der Waals surface area contributed by atoms with Gasteiger partial charge in [-0.15, -0.1) is 11.8 Å². The normalized spacial score (nSPS) is 12.5. The summed E-state index contributed by atoms with van der Waals surface area (Å²) in [5, 5.41) is 12.0. The van der Waals surface area contributed by atoms with Crippen LogP contribution in [0.15, 0.2) is 96.2 Å². The van der Waals surface area contributed by atoms with Gasteiger partial charge in [-0.2, -0.15) is 13.2 Å². The molecule has 7 nitrogen and oxygen atoms in total. The molecule has 0 bridgehead atoms. The van der Waals surface area contributed by atoms with Crippen LogP contribution in [-0.4, -0.2) is 35.3 Å². The number of thioether (sulfide) groups is 1. The Bertz CT molecular complexity index is 2170. The van der Waals surface area contributed by atoms with Crippen LogP contribution in [0.5, 0.6) is 5.75 Å². The Labute approximate surface area is 292 Å². The van der Waals surface area contributed by atoms with Crippen molar-refractivity contribution in [3.8, 4) is 16.9 Å². The van der Waals surface area contributed by atoms with Crippen LogP contribution in [0.3, 0.4) is 0 Å². The number of nitrogens with zero attached hydrogens (tertiary/aromatic N) is 4. The number of pyridine rings is 3. The maximum absolute atomic E-state index is 13.1. The fourth-order valence-corrected chi connectivity index (χ4v) is 6.79. The molecule has 11 heteroatoms. The summed E-state index contributed by atoms with van der Waals surface area (Å²) in [5.41, 5.74) is 3.33. The van der Waals surface area contributed by atoms with E-state index >= 15 is 0 Å². The molecule has 4 aromatic heterocycles. The molecule has 0 spiro atoms. The molecule has 50 heavy (non-hydrogen) atoms. The number of ether oxygens (including phenoxy) is 1. The number of hydrogen-bond donors (Lipinski definition) is 1. The van der Waals surface area contributed by atoms with Crippen LogP contribution >= 0.6 is 11.8 Å². The Kier molecular flexibility index (Phi) is 9.39. The number of benzene rings is 2. The molecule has 0 amide bonds. The van der Waals surface area contributed by atoms with E-state index in [0.29, 0.717) is 34.8 Å². The van der Waals surface area contributed by atoms with E-state index in [1.165, 1.54) is 12.1 Å². The quantitative estimate of drug-likeness (QED) is 0.143. The number of para-hydroxylation sites is 1. The third-order valence-corrected chi connectivity index (χ3v) is 9.53. The number of halogens is 3. The van der Waals surface area contributed by atoms with Crippen LogP contribution in [0.4, 0.5) is 13.2 Å². The second-order valence-corrected chi connectivity index (χ2v) is 15.7. The second kappa shape index (κ2) is 13.4. The van der Waals surface area contributed by atoms with E-state index < -0.39 is 23.1 Å². The van der Waals surface area contributed by atoms with Gasteiger partial charge in [0.05, 0.1) is 40.6 Å². The molecule has 2 aromatic carbocycles. The van der Waals surface area contributed by atoms with Gasteiger partial charge in [0.1, 0.15) is 18.0 Å². The lowest BCUT2D eigenvalue weighted by molar-refractivity contribution is -0.147. The van der Waals surface area contributed by atoms with E-state index in [-0.39, 0.29) is 17.8 Å². The Morgan fingerprint density at radius 2 is 1.56 bits per heavy atom. The lowest BCUT2D eigenvalue weighted by Gasteiger charge is -2.24. The molecular weight excluding hydrogens is 662 g/mol. The molecule has 0 radical (unpaired) electrons. The lowest BCUT2D eigenvalue weighted by Crippen LogP contribution is -2.28. The lowest BCUT2D eigenvalue weighted by atomic mass is 9.88. The summed E-state index contributed by atoms with van der Waals surface area (Å²) in [6, 6.07) is 22.4. The Balaban J connectivity index is 1.37. The van der Waals surface area contributed by atoms with Crippen molar-refractivity contribution < 1.29 is 27.8 Å². The minimum Gasteiger partial charge on any atom is -0.486 e. The molecule has 0 atom stereocenters. The highest BCUT2D eigenvalue weighted by molar-refractivity contribution is 8.00. The first-order chi connectivity index (χ1) is 23.6. The van der Waals surface area contributed by atoms with Crippen molar-refractivity contribution in [1.29, 1.82) is 0 Å². The number of carboxylic acids is 1. The Morgan fingerprint density at radius 1 is 0.860 bits per heavy atom. The van der Waals surface area contributed by atoms with Gasteiger partial charge in [-0.05, 0) is 55.8 Å². The first-order valence-corrected chi connectivity index (χ1v) is 16.9. The van der Waals surface area contributed by atoms with Crippen LogP contribution in [0.1, 0.15) is 57.3 Å². The fourth-order valence-electron chi connectivity index (χ4n) is 5.61. The van der Waals surface area contributed by atoms with Gasteiger partial charge in [-0.3, -0.25) is 9.78 Å². The number of aliphatic carboxylic acids is 1. The van der Waals surface area contributed by atoms with Gasteiger partial charge in [0.15, 0.2) is 0 Å². The van der Waals surface area contributed by atoms with Gasteiger partial charge >= 0.3 is 12.1 Å². The van der Waals surface area contributed by atoms with Crippen LogP contribution in [0, 0.1) is 5.41 Å². The third-order valence-electron chi connectivity index (χ3n) is 8.26. The van der Waals surface area contributed by atoms with Crippen LogP contribution in [0.25, 0.3) is 33.1 Å². The number of fused-ring (bicyclic) bond motifs is 2. The average Bonchev–Trinajstić information content (AvgIpc) is 3.32. The fraction of sp³-hybridized carbons (Fsp3) is 0.282. The van der Waals surface area contributed by atoms with E-state index in [4.69, 9.17) is 14.7 Å². The number of rotatable bonds is 10. The summed E-state index contributed by atoms with van der Waals surface area (Å²) in [4.78, 5) is 27.5. The molecule has 0 fully saturated rings. The van der Waals surface area contributed by atoms with E-state index in [1.54, 1.807) is 38.0 Å². The highest BCUT2D eigenvalue weighted by Crippen LogP contribution is 2.43. The maximum Gasteiger partial charge on any atom is 0.416 e. The topological polar surface area (TPSA) is 90.1 Å². The highest BCUT2D eigenvalue weighted by atomic mass is 32.2. The van der Waals surface area contributed by atoms with Crippen molar-refractivity contribution in [1.82, 2.24) is 19.5 Å². The third kappa shape index (κ3) is 7.78. The minimum absolute atomic E-state index is 0.214. The van der Waals surface area contributed by atoms with Crippen molar-refractivity contribution >= 4 is 39.7 Å². The summed E-state index contributed by atoms with van der Waals surface area (Å²) in [6.45, 7) is 10.3. The number of carboxylic acid groups (broad SMARTS) is 1. The Morgan fingerprint density at radius 3 is 2.22 bits per heavy atom. The first kappa shape index (κ1) is 34.9. The molecule has 6 aromatic rings. The molecule has 0 aliphatic rings. The smallest absolute Gasteiger partial charge is 0.416 e. The number of aromatic nitrogens is 4. The summed E-state index contributed by atoms with van der Waals surface area (Å²) >= 11 is 1.65. The van der Waals surface area contributed by atoms with Crippen molar-refractivity contribution in [2.75, 3.05) is 0 Å². The summed E-state index contributed by atoms with van der Waals surface area (Å²) in [7, 11) is 0. The predicted molar refractivity (Wildman–Crippen MR) is 190 cm³/mol. The van der Waals surface area contributed by atoms with Gasteiger partial charge in [0.2, 0.25) is 0 Å². The minimum atomic E-state index is -4.41.